The molecule has 0 spiro atoms. The first-order valence-corrected chi connectivity index (χ1v) is 12.2. The zero-order valence-electron chi connectivity index (χ0n) is 20.9. The Labute approximate surface area is 217 Å². The molecule has 11 heteroatoms. The van der Waals surface area contributed by atoms with Crippen LogP contribution in [0.2, 0.25) is 0 Å². The van der Waals surface area contributed by atoms with Gasteiger partial charge in [0.2, 0.25) is 5.91 Å². The predicted molar refractivity (Wildman–Crippen MR) is 131 cm³/mol. The third kappa shape index (κ3) is 3.19. The van der Waals surface area contributed by atoms with Crippen molar-refractivity contribution in [2.45, 2.75) is 30.6 Å². The van der Waals surface area contributed by atoms with Gasteiger partial charge in [0.1, 0.15) is 5.75 Å². The van der Waals surface area contributed by atoms with Crippen LogP contribution in [0, 0.1) is 23.7 Å². The second kappa shape index (κ2) is 8.62. The van der Waals surface area contributed by atoms with Crippen molar-refractivity contribution < 1.29 is 39.3 Å². The minimum absolute atomic E-state index is 0.167. The largest absolute Gasteiger partial charge is 0.507 e. The number of pyridine rings is 1. The van der Waals surface area contributed by atoms with Gasteiger partial charge in [-0.1, -0.05) is 13.0 Å². The average molecular weight is 522 g/mol. The zero-order valence-corrected chi connectivity index (χ0v) is 20.9. The van der Waals surface area contributed by atoms with Crippen LogP contribution in [-0.4, -0.2) is 86.1 Å². The number of primary amides is 1. The minimum Gasteiger partial charge on any atom is -0.507 e. The number of carbonyl (C=O) groups excluding carboxylic acids is 5. The molecular formula is C27H27N3O8. The standard InChI is InChI=1S/C27H27N3O8/c1-10-14-11(12-6-4-5-9-29-12)7-8-13(31)16(14)21(32)17-15(10)22(33)19-20(30(2)3)23(34)18(26(28)37)25(36)27(19,38)24(17)35/h4-10,15,17-20,22,31,33,38H,1-3H3,(H2,28,37)/t10-,15+,17?,18?,19+,20+,22-,27-/m0/s1. The maximum Gasteiger partial charge on any atom is 0.235 e. The monoisotopic (exact) mass is 521 g/mol. The molecule has 0 radical (unpaired) electrons. The number of nitrogens with two attached hydrogens (primary N) is 1. The molecule has 5 rings (SSSR count). The highest BCUT2D eigenvalue weighted by Gasteiger charge is 2.73. The predicted octanol–water partition coefficient (Wildman–Crippen LogP) is -0.539. The molecule has 198 valence electrons. The van der Waals surface area contributed by atoms with Crippen LogP contribution in [-0.2, 0) is 19.2 Å². The van der Waals surface area contributed by atoms with E-state index in [9.17, 15) is 39.3 Å². The van der Waals surface area contributed by atoms with Gasteiger partial charge < -0.3 is 21.1 Å². The zero-order chi connectivity index (χ0) is 27.8. The summed E-state index contributed by atoms with van der Waals surface area (Å²) in [7, 11) is 2.89. The van der Waals surface area contributed by atoms with E-state index in [2.05, 4.69) is 4.98 Å². The Morgan fingerprint density at radius 1 is 1.08 bits per heavy atom. The summed E-state index contributed by atoms with van der Waals surface area (Å²) < 4.78 is 0. The van der Waals surface area contributed by atoms with Gasteiger partial charge in [0.15, 0.2) is 34.7 Å². The van der Waals surface area contributed by atoms with E-state index in [1.54, 1.807) is 37.4 Å². The number of aliphatic hydroxyl groups is 2. The molecule has 38 heavy (non-hydrogen) atoms. The Bertz CT molecular complexity index is 1410. The number of aromatic nitrogens is 1. The average Bonchev–Trinajstić information content (AvgIpc) is 2.86. The lowest BCUT2D eigenvalue weighted by Crippen LogP contribution is -2.77. The molecule has 1 aromatic carbocycles. The summed E-state index contributed by atoms with van der Waals surface area (Å²) in [5, 5.41) is 34.1. The number of amides is 1. The fourth-order valence-corrected chi connectivity index (χ4v) is 6.81. The minimum atomic E-state index is -3.02. The number of nitrogens with zero attached hydrogens (tertiary/aromatic N) is 2. The number of hydrogen-bond acceptors (Lipinski definition) is 10. The van der Waals surface area contributed by atoms with E-state index in [0.29, 0.717) is 16.8 Å². The van der Waals surface area contributed by atoms with Gasteiger partial charge in [0, 0.05) is 17.7 Å². The quantitative estimate of drug-likeness (QED) is 0.382. The van der Waals surface area contributed by atoms with Crippen LogP contribution in [0.25, 0.3) is 11.3 Å². The number of phenols is 1. The van der Waals surface area contributed by atoms with Crippen molar-refractivity contribution in [1.29, 1.82) is 0 Å². The number of likely N-dealkylation sites (N-methyl/N-ethyl adjacent to an activating group) is 1. The Hall–Kier alpha value is -3.80. The van der Waals surface area contributed by atoms with E-state index in [0.717, 1.165) is 0 Å². The number of phenolic OH excluding ortho intramolecular Hbond substituents is 1. The van der Waals surface area contributed by atoms with E-state index in [1.165, 1.54) is 25.1 Å². The van der Waals surface area contributed by atoms with Crippen molar-refractivity contribution in [3.63, 3.8) is 0 Å². The summed E-state index contributed by atoms with van der Waals surface area (Å²) >= 11 is 0. The molecule has 0 saturated heterocycles. The summed E-state index contributed by atoms with van der Waals surface area (Å²) in [4.78, 5) is 72.2. The topological polar surface area (TPSA) is 188 Å². The van der Waals surface area contributed by atoms with Gasteiger partial charge in [-0.25, -0.2) is 0 Å². The third-order valence-corrected chi connectivity index (χ3v) is 8.41. The van der Waals surface area contributed by atoms with Gasteiger partial charge in [0.25, 0.3) is 0 Å². The molecule has 0 aliphatic heterocycles. The molecule has 1 heterocycles. The molecular weight excluding hydrogens is 494 g/mol. The van der Waals surface area contributed by atoms with E-state index < -0.39 is 82.1 Å². The highest BCUT2D eigenvalue weighted by atomic mass is 16.3. The van der Waals surface area contributed by atoms with Gasteiger partial charge in [-0.05, 0) is 49.8 Å². The van der Waals surface area contributed by atoms with Crippen molar-refractivity contribution in [3.05, 3.63) is 47.7 Å². The summed E-state index contributed by atoms with van der Waals surface area (Å²) in [6.45, 7) is 1.67. The van der Waals surface area contributed by atoms with Gasteiger partial charge in [-0.15, -0.1) is 0 Å². The van der Waals surface area contributed by atoms with Crippen molar-refractivity contribution in [3.8, 4) is 17.0 Å². The molecule has 1 aromatic heterocycles. The second-order valence-corrected chi connectivity index (χ2v) is 10.5. The molecule has 2 fully saturated rings. The smallest absolute Gasteiger partial charge is 0.235 e. The molecule has 3 aliphatic rings. The first-order chi connectivity index (χ1) is 17.8. The van der Waals surface area contributed by atoms with Crippen LogP contribution in [0.5, 0.6) is 5.75 Å². The van der Waals surface area contributed by atoms with Crippen molar-refractivity contribution >= 4 is 29.0 Å². The normalized spacial score (nSPS) is 34.5. The fraction of sp³-hybridized carbons (Fsp3) is 0.407. The number of aromatic hydroxyl groups is 1. The lowest BCUT2D eigenvalue weighted by Gasteiger charge is -2.56. The lowest BCUT2D eigenvalue weighted by atomic mass is 9.49. The molecule has 11 nitrogen and oxygen atoms in total. The van der Waals surface area contributed by atoms with E-state index in [1.807, 2.05) is 0 Å². The van der Waals surface area contributed by atoms with Gasteiger partial charge in [-0.3, -0.25) is 33.9 Å². The fourth-order valence-electron chi connectivity index (χ4n) is 6.81. The number of benzene rings is 1. The van der Waals surface area contributed by atoms with Crippen LogP contribution in [0.1, 0.15) is 28.8 Å². The summed E-state index contributed by atoms with van der Waals surface area (Å²) in [6.07, 6.45) is -0.134. The van der Waals surface area contributed by atoms with E-state index in [4.69, 9.17) is 5.73 Å². The molecule has 2 unspecified atom stereocenters. The summed E-state index contributed by atoms with van der Waals surface area (Å²) in [5.74, 6) is -13.6. The van der Waals surface area contributed by atoms with Gasteiger partial charge in [0.05, 0.1) is 35.2 Å². The molecule has 2 aromatic rings. The number of Topliss-reactive ketones (excluding diaryl/α,β-unsaturated/α-hetero) is 4. The van der Waals surface area contributed by atoms with E-state index >= 15 is 0 Å². The summed E-state index contributed by atoms with van der Waals surface area (Å²) in [5.41, 5.74) is 3.49. The number of aliphatic hydroxyl groups excluding tert-OH is 1. The van der Waals surface area contributed by atoms with Crippen molar-refractivity contribution in [2.75, 3.05) is 14.1 Å². The molecule has 0 bridgehead atoms. The number of rotatable bonds is 3. The molecule has 2 saturated carbocycles. The first kappa shape index (κ1) is 25.8. The van der Waals surface area contributed by atoms with Crippen LogP contribution in [0.15, 0.2) is 36.5 Å². The molecule has 3 aliphatic carbocycles. The number of ketones is 4. The van der Waals surface area contributed by atoms with Crippen molar-refractivity contribution in [2.24, 2.45) is 29.4 Å². The van der Waals surface area contributed by atoms with Crippen LogP contribution in [0.3, 0.4) is 0 Å². The van der Waals surface area contributed by atoms with Crippen LogP contribution in [0.4, 0.5) is 0 Å². The van der Waals surface area contributed by atoms with Crippen LogP contribution < -0.4 is 5.73 Å². The van der Waals surface area contributed by atoms with Gasteiger partial charge >= 0.3 is 0 Å². The number of fused-ring (bicyclic) bond motifs is 3. The van der Waals surface area contributed by atoms with E-state index in [-0.39, 0.29) is 5.56 Å². The summed E-state index contributed by atoms with van der Waals surface area (Å²) in [6, 6.07) is 6.63. The first-order valence-electron chi connectivity index (χ1n) is 12.2. The SMILES string of the molecule is C[C@H]1c2c(-c3ccccn3)ccc(O)c2C(=O)C2C(=O)[C@]3(O)C(=O)C(C(N)=O)C(=O)[C@H](N(C)C)[C@@H]3[C@@H](O)[C@@H]21. The lowest BCUT2D eigenvalue weighted by molar-refractivity contribution is -0.196. The van der Waals surface area contributed by atoms with Crippen molar-refractivity contribution in [1.82, 2.24) is 9.88 Å². The maximum absolute atomic E-state index is 14.0. The number of hydrogen-bond donors (Lipinski definition) is 4. The third-order valence-electron chi connectivity index (χ3n) is 8.41. The van der Waals surface area contributed by atoms with Gasteiger partial charge in [-0.2, -0.15) is 0 Å². The number of carbonyl (C=O) groups is 5. The Kier molecular flexibility index (Phi) is 5.86. The second-order valence-electron chi connectivity index (χ2n) is 10.5. The maximum atomic E-state index is 14.0. The molecule has 1 amide bonds. The van der Waals surface area contributed by atoms with Crippen LogP contribution >= 0.6 is 0 Å². The molecule has 5 N–H and O–H groups in total. The highest BCUT2D eigenvalue weighted by molar-refractivity contribution is 6.32. The molecule has 8 atom stereocenters. The highest BCUT2D eigenvalue weighted by Crippen LogP contribution is 2.55. The Morgan fingerprint density at radius 2 is 1.76 bits per heavy atom. The Morgan fingerprint density at radius 3 is 2.34 bits per heavy atom. The Balaban J connectivity index is 1.75.